The van der Waals surface area contributed by atoms with Crippen molar-refractivity contribution in [2.75, 3.05) is 13.2 Å². The highest BCUT2D eigenvalue weighted by molar-refractivity contribution is 5.76. The average molecular weight is 1180 g/mol. The van der Waals surface area contributed by atoms with E-state index in [9.17, 15) is 19.8 Å². The predicted molar refractivity (Wildman–Crippen MR) is 370 cm³/mol. The topological polar surface area (TPSA) is 95.9 Å². The van der Waals surface area contributed by atoms with Crippen LogP contribution in [0, 0.1) is 0 Å². The van der Waals surface area contributed by atoms with E-state index < -0.39 is 12.1 Å². The molecule has 0 aliphatic heterocycles. The number of rotatable bonds is 73. The fourth-order valence-corrected chi connectivity index (χ4v) is 12.3. The van der Waals surface area contributed by atoms with Gasteiger partial charge in [0.1, 0.15) is 0 Å². The molecule has 0 fully saturated rings. The number of nitrogens with one attached hydrogen (secondary N) is 1. The third-order valence-electron chi connectivity index (χ3n) is 18.2. The van der Waals surface area contributed by atoms with Crippen molar-refractivity contribution in [2.24, 2.45) is 0 Å². The number of unbranched alkanes of at least 4 members (excludes halogenated alkanes) is 60. The second-order valence-corrected chi connectivity index (χ2v) is 26.7. The predicted octanol–water partition coefficient (Wildman–Crippen LogP) is 25.3. The number of hydrogen-bond donors (Lipinski definition) is 3. The quantitative estimate of drug-likeness (QED) is 0.0320. The summed E-state index contributed by atoms with van der Waals surface area (Å²) in [6.45, 7) is 4.96. The molecule has 0 bridgehead atoms. The number of aliphatic hydroxyl groups is 2. The van der Waals surface area contributed by atoms with E-state index in [2.05, 4.69) is 31.3 Å². The largest absolute Gasteiger partial charge is 0.466 e. The molecule has 0 aromatic rings. The molecule has 0 radical (unpaired) electrons. The Morgan fingerprint density at radius 2 is 0.560 bits per heavy atom. The third kappa shape index (κ3) is 69.4. The number of ether oxygens (including phenoxy) is 1. The number of allylic oxidation sites excluding steroid dienone is 3. The molecule has 0 aromatic heterocycles. The van der Waals surface area contributed by atoms with E-state index in [0.717, 1.165) is 38.5 Å². The summed E-state index contributed by atoms with van der Waals surface area (Å²) < 4.78 is 5.52. The molecule has 0 aromatic carbocycles. The van der Waals surface area contributed by atoms with Crippen molar-refractivity contribution in [3.8, 4) is 0 Å². The van der Waals surface area contributed by atoms with Crippen molar-refractivity contribution in [1.29, 1.82) is 0 Å². The Labute approximate surface area is 526 Å². The molecule has 0 saturated carbocycles. The molecule has 84 heavy (non-hydrogen) atoms. The number of aliphatic hydroxyl groups excluding tert-OH is 2. The first kappa shape index (κ1) is 82.3. The number of carbonyl (C=O) groups excluding carboxylic acids is 2. The summed E-state index contributed by atoms with van der Waals surface area (Å²) in [6, 6.07) is -0.627. The zero-order valence-electron chi connectivity index (χ0n) is 57.2. The van der Waals surface area contributed by atoms with E-state index in [0.29, 0.717) is 19.4 Å². The Kier molecular flexibility index (Phi) is 72.3. The zero-order valence-corrected chi connectivity index (χ0v) is 57.2. The molecule has 498 valence electrons. The van der Waals surface area contributed by atoms with Gasteiger partial charge in [0.15, 0.2) is 0 Å². The van der Waals surface area contributed by atoms with E-state index in [4.69, 9.17) is 4.74 Å². The van der Waals surface area contributed by atoms with Gasteiger partial charge in [0.25, 0.3) is 0 Å². The van der Waals surface area contributed by atoms with Crippen LogP contribution in [0.25, 0.3) is 0 Å². The van der Waals surface area contributed by atoms with Crippen molar-refractivity contribution >= 4 is 11.9 Å². The molecule has 1 amide bonds. The molecule has 0 aliphatic carbocycles. The lowest BCUT2D eigenvalue weighted by Crippen LogP contribution is -2.45. The Morgan fingerprint density at radius 1 is 0.321 bits per heavy atom. The van der Waals surface area contributed by atoms with Gasteiger partial charge < -0.3 is 20.3 Å². The van der Waals surface area contributed by atoms with E-state index in [1.54, 1.807) is 6.08 Å². The van der Waals surface area contributed by atoms with Gasteiger partial charge in [0.2, 0.25) is 5.91 Å². The van der Waals surface area contributed by atoms with Crippen LogP contribution < -0.4 is 5.32 Å². The van der Waals surface area contributed by atoms with Crippen LogP contribution >= 0.6 is 0 Å². The summed E-state index contributed by atoms with van der Waals surface area (Å²) in [5, 5.41) is 23.2. The van der Waals surface area contributed by atoms with E-state index in [1.807, 2.05) is 6.08 Å². The summed E-state index contributed by atoms with van der Waals surface area (Å²) >= 11 is 0. The lowest BCUT2D eigenvalue weighted by molar-refractivity contribution is -0.143. The second-order valence-electron chi connectivity index (χ2n) is 26.7. The van der Waals surface area contributed by atoms with Crippen LogP contribution in [0.2, 0.25) is 0 Å². The smallest absolute Gasteiger partial charge is 0.305 e. The number of hydrogen-bond acceptors (Lipinski definition) is 5. The highest BCUT2D eigenvalue weighted by Crippen LogP contribution is 2.19. The summed E-state index contributed by atoms with van der Waals surface area (Å²) in [5.74, 6) is -0.0400. The normalized spacial score (nSPS) is 12.6. The fraction of sp³-hybridized carbons (Fsp3) is 0.923. The van der Waals surface area contributed by atoms with Gasteiger partial charge in [0, 0.05) is 12.8 Å². The Balaban J connectivity index is 3.36. The molecule has 2 unspecified atom stereocenters. The van der Waals surface area contributed by atoms with Crippen LogP contribution in [0.1, 0.15) is 438 Å². The van der Waals surface area contributed by atoms with Crippen molar-refractivity contribution in [3.05, 3.63) is 24.3 Å². The second kappa shape index (κ2) is 73.8. The molecule has 0 rings (SSSR count). The minimum Gasteiger partial charge on any atom is -0.466 e. The molecular formula is C78H151NO5. The Hall–Kier alpha value is -1.66. The lowest BCUT2D eigenvalue weighted by Gasteiger charge is -2.20. The van der Waals surface area contributed by atoms with Gasteiger partial charge in [-0.15, -0.1) is 0 Å². The first-order valence-corrected chi connectivity index (χ1v) is 38.6. The van der Waals surface area contributed by atoms with Crippen LogP contribution in [0.15, 0.2) is 24.3 Å². The monoisotopic (exact) mass is 1180 g/mol. The molecule has 6 heteroatoms. The number of esters is 1. The lowest BCUT2D eigenvalue weighted by atomic mass is 10.0. The highest BCUT2D eigenvalue weighted by Gasteiger charge is 2.18. The summed E-state index contributed by atoms with van der Waals surface area (Å²) in [7, 11) is 0. The van der Waals surface area contributed by atoms with Crippen LogP contribution in [-0.2, 0) is 14.3 Å². The summed E-state index contributed by atoms with van der Waals surface area (Å²) in [6.07, 6.45) is 94.3. The van der Waals surface area contributed by atoms with Gasteiger partial charge >= 0.3 is 5.97 Å². The maximum absolute atomic E-state index is 12.5. The molecule has 0 saturated heterocycles. The van der Waals surface area contributed by atoms with Gasteiger partial charge in [-0.3, -0.25) is 9.59 Å². The average Bonchev–Trinajstić information content (AvgIpc) is 3.51. The Morgan fingerprint density at radius 3 is 0.845 bits per heavy atom. The van der Waals surface area contributed by atoms with E-state index >= 15 is 0 Å². The molecule has 6 nitrogen and oxygen atoms in total. The molecule has 0 heterocycles. The summed E-state index contributed by atoms with van der Waals surface area (Å²) in [5.41, 5.74) is 0. The van der Waals surface area contributed by atoms with Crippen molar-refractivity contribution in [1.82, 2.24) is 5.32 Å². The van der Waals surface area contributed by atoms with Crippen LogP contribution in [0.5, 0.6) is 0 Å². The Bertz CT molecular complexity index is 1320. The first-order valence-electron chi connectivity index (χ1n) is 38.6. The van der Waals surface area contributed by atoms with Gasteiger partial charge in [-0.25, -0.2) is 0 Å². The van der Waals surface area contributed by atoms with Gasteiger partial charge in [-0.05, 0) is 57.8 Å². The van der Waals surface area contributed by atoms with Crippen LogP contribution in [0.4, 0.5) is 0 Å². The summed E-state index contributed by atoms with van der Waals surface area (Å²) in [4.78, 5) is 24.6. The minimum atomic E-state index is -0.844. The van der Waals surface area contributed by atoms with Gasteiger partial charge in [-0.1, -0.05) is 391 Å². The highest BCUT2D eigenvalue weighted by atomic mass is 16.5. The molecule has 0 spiro atoms. The molecular weight excluding hydrogens is 1030 g/mol. The van der Waals surface area contributed by atoms with Crippen LogP contribution in [-0.4, -0.2) is 47.4 Å². The van der Waals surface area contributed by atoms with Gasteiger partial charge in [-0.2, -0.15) is 0 Å². The molecule has 0 aliphatic rings. The standard InChI is InChI=1S/C78H151NO5/c1-3-5-7-9-11-13-15-17-19-21-35-40-44-48-52-56-60-64-68-72-78(83)84-73-69-65-61-57-53-49-45-41-37-34-32-30-28-26-24-23-25-27-29-31-33-36-39-43-47-51-55-59-63-67-71-77(82)79-75(74-80)76(81)70-66-62-58-54-50-46-42-38-22-20-18-16-14-12-10-8-6-4-2/h24,26,66,70,75-76,80-81H,3-23,25,27-65,67-69,71-74H2,1-2H3,(H,79,82)/b26-24-,70-66+. The van der Waals surface area contributed by atoms with E-state index in [-0.39, 0.29) is 18.5 Å². The van der Waals surface area contributed by atoms with Crippen molar-refractivity contribution in [2.45, 2.75) is 450 Å². The minimum absolute atomic E-state index is 0.0226. The van der Waals surface area contributed by atoms with Crippen molar-refractivity contribution < 1.29 is 24.5 Å². The van der Waals surface area contributed by atoms with E-state index in [1.165, 1.54) is 372 Å². The zero-order chi connectivity index (χ0) is 60.6. The number of amides is 1. The SMILES string of the molecule is CCCCCCCCCCCCCCCCCC/C=C/C(O)C(CO)NC(=O)CCCCCCCCCCCCCCCC/C=C\CCCCCCCCCCCCCCOC(=O)CCCCCCCCCCCCCCCCCCCCC. The fourth-order valence-electron chi connectivity index (χ4n) is 12.3. The molecule has 3 N–H and O–H groups in total. The van der Waals surface area contributed by atoms with Crippen molar-refractivity contribution in [3.63, 3.8) is 0 Å². The third-order valence-corrected chi connectivity index (χ3v) is 18.2. The van der Waals surface area contributed by atoms with Gasteiger partial charge in [0.05, 0.1) is 25.4 Å². The maximum Gasteiger partial charge on any atom is 0.305 e. The molecule has 2 atom stereocenters. The number of carbonyl (C=O) groups is 2. The van der Waals surface area contributed by atoms with Crippen LogP contribution in [0.3, 0.4) is 0 Å². The maximum atomic E-state index is 12.5. The first-order chi connectivity index (χ1) is 41.5.